The highest BCUT2D eigenvalue weighted by atomic mass is 16.5. The van der Waals surface area contributed by atoms with Crippen molar-refractivity contribution in [2.45, 2.75) is 70.6 Å². The largest absolute Gasteiger partial charge is 0.463 e. The van der Waals surface area contributed by atoms with Crippen LogP contribution in [0.2, 0.25) is 0 Å². The number of nitrogens with zero attached hydrogens (tertiary/aromatic N) is 16. The third-order valence-electron chi connectivity index (χ3n) is 27.7. The highest BCUT2D eigenvalue weighted by molar-refractivity contribution is 5.96. The first kappa shape index (κ1) is 79.7. The second-order valence-corrected chi connectivity index (χ2v) is 35.1. The lowest BCUT2D eigenvalue weighted by Crippen LogP contribution is -2.29. The quantitative estimate of drug-likeness (QED) is 0.0349. The van der Waals surface area contributed by atoms with Crippen LogP contribution in [0.3, 0.4) is 0 Å². The van der Waals surface area contributed by atoms with Crippen LogP contribution in [0, 0.1) is 47.3 Å². The summed E-state index contributed by atoms with van der Waals surface area (Å²) >= 11 is 0. The molecule has 0 spiro atoms. The fourth-order valence-electron chi connectivity index (χ4n) is 20.5. The Morgan fingerprint density at radius 1 is 0.359 bits per heavy atom. The van der Waals surface area contributed by atoms with Gasteiger partial charge in [0.1, 0.15) is 57.4 Å². The van der Waals surface area contributed by atoms with Gasteiger partial charge in [-0.05, 0) is 153 Å². The van der Waals surface area contributed by atoms with Crippen LogP contribution in [-0.2, 0) is 25.7 Å². The first-order valence-electron chi connectivity index (χ1n) is 43.6. The Bertz CT molecular complexity index is 6470. The summed E-state index contributed by atoms with van der Waals surface area (Å²) in [6, 6.07) is 39.7. The lowest BCUT2D eigenvalue weighted by molar-refractivity contribution is 0.100. The molecule has 4 aromatic carbocycles. The van der Waals surface area contributed by atoms with E-state index in [1.807, 2.05) is 40.3 Å². The number of rotatable bonds is 19. The molecule has 0 amide bonds. The van der Waals surface area contributed by atoms with Gasteiger partial charge in [-0.25, -0.2) is 15.0 Å². The van der Waals surface area contributed by atoms with Crippen LogP contribution >= 0.6 is 0 Å². The molecule has 25 rings (SSSR count). The summed E-state index contributed by atoms with van der Waals surface area (Å²) in [5, 5.41) is 13.2. The molecule has 8 atom stereocenters. The Morgan fingerprint density at radius 2 is 0.672 bits per heavy atom. The van der Waals surface area contributed by atoms with Gasteiger partial charge in [0.2, 0.25) is 0 Å². The van der Waals surface area contributed by atoms with Crippen LogP contribution in [-0.4, -0.2) is 182 Å². The van der Waals surface area contributed by atoms with E-state index in [4.69, 9.17) is 86.2 Å². The Balaban J connectivity index is 0.000000101. The average Bonchev–Trinajstić information content (AvgIpc) is 1.58. The molecule has 4 aliphatic heterocycles. The van der Waals surface area contributed by atoms with Crippen LogP contribution in [0.15, 0.2) is 157 Å². The van der Waals surface area contributed by atoms with Gasteiger partial charge < -0.3 is 87.2 Å². The Kier molecular flexibility index (Phi) is 19.6. The number of ketones is 3. The molecule has 0 radical (unpaired) electrons. The number of furan rings is 1. The van der Waals surface area contributed by atoms with Gasteiger partial charge in [0, 0.05) is 213 Å². The third-order valence-corrected chi connectivity index (χ3v) is 27.7. The van der Waals surface area contributed by atoms with Crippen LogP contribution < -0.4 is 82.7 Å². The number of fused-ring (bicyclic) bond motifs is 17. The molecule has 646 valence electrons. The maximum Gasteiger partial charge on any atom is 0.324 e. The minimum absolute atomic E-state index is 0.0683. The molecule has 13 aromatic rings. The summed E-state index contributed by atoms with van der Waals surface area (Å²) in [7, 11) is 7.76. The second-order valence-electron chi connectivity index (χ2n) is 35.1. The number of Topliss-reactive ketones (excluding diaryl/α,β-unsaturated/α-hetero) is 3. The van der Waals surface area contributed by atoms with Gasteiger partial charge in [0.15, 0.2) is 28.7 Å². The second kappa shape index (κ2) is 31.4. The summed E-state index contributed by atoms with van der Waals surface area (Å²) < 4.78 is 29.5. The van der Waals surface area contributed by atoms with E-state index in [9.17, 15) is 14.4 Å². The Hall–Kier alpha value is -14.2. The number of carbonyl (C=O) groups is 3. The zero-order chi connectivity index (χ0) is 87.3. The molecule has 8 aliphatic carbocycles. The first-order chi connectivity index (χ1) is 62.3. The van der Waals surface area contributed by atoms with Gasteiger partial charge in [-0.15, -0.1) is 0 Å². The minimum atomic E-state index is -0.0866. The van der Waals surface area contributed by atoms with Crippen molar-refractivity contribution in [2.24, 2.45) is 70.3 Å². The smallest absolute Gasteiger partial charge is 0.324 e. The first-order valence-corrected chi connectivity index (χ1v) is 43.6. The molecule has 0 bridgehead atoms. The number of piperidine rings is 4. The van der Waals surface area contributed by atoms with Crippen LogP contribution in [0.1, 0.15) is 97.1 Å². The summed E-state index contributed by atoms with van der Waals surface area (Å²) in [6.07, 6.45) is 12.3. The van der Waals surface area contributed by atoms with E-state index in [0.29, 0.717) is 141 Å². The predicted octanol–water partition coefficient (Wildman–Crippen LogP) is 12.0. The maximum atomic E-state index is 11.7. The van der Waals surface area contributed by atoms with Crippen molar-refractivity contribution in [1.29, 1.82) is 0 Å². The summed E-state index contributed by atoms with van der Waals surface area (Å²) in [5.74, 6) is 9.73. The van der Waals surface area contributed by atoms with Gasteiger partial charge in [-0.2, -0.15) is 39.9 Å². The number of anilines is 8. The van der Waals surface area contributed by atoms with E-state index in [2.05, 4.69) is 134 Å². The van der Waals surface area contributed by atoms with E-state index in [1.54, 1.807) is 49.0 Å². The number of benzene rings is 4. The fraction of sp³-hybridized carbons (Fsp3) is 0.323. The van der Waals surface area contributed by atoms with Crippen molar-refractivity contribution in [3.63, 3.8) is 0 Å². The normalized spacial score (nSPS) is 22.3. The van der Waals surface area contributed by atoms with E-state index in [0.717, 1.165) is 168 Å². The van der Waals surface area contributed by atoms with Crippen LogP contribution in [0.25, 0.3) is 55.6 Å². The summed E-state index contributed by atoms with van der Waals surface area (Å²) in [5.41, 5.74) is 49.7. The van der Waals surface area contributed by atoms with Crippen molar-refractivity contribution in [1.82, 2.24) is 59.8 Å². The zero-order valence-electron chi connectivity index (χ0n) is 71.6. The number of ether oxygens (including phenoxy) is 4. The minimum Gasteiger partial charge on any atom is -0.463 e. The highest BCUT2D eigenvalue weighted by Gasteiger charge is 2.58. The van der Waals surface area contributed by atoms with Crippen molar-refractivity contribution < 1.29 is 37.7 Å². The van der Waals surface area contributed by atoms with Crippen LogP contribution in [0.5, 0.6) is 47.0 Å². The Morgan fingerprint density at radius 3 is 0.969 bits per heavy atom. The molecule has 4 saturated heterocycles. The van der Waals surface area contributed by atoms with Crippen molar-refractivity contribution in [3.8, 4) is 91.5 Å². The number of aromatic nitrogens is 12. The number of hydrogen-bond donors (Lipinski definition) is 8. The van der Waals surface area contributed by atoms with E-state index >= 15 is 0 Å². The van der Waals surface area contributed by atoms with Crippen LogP contribution in [0.4, 0.5) is 46.0 Å². The molecule has 8 unspecified atom stereocenters. The molecule has 4 saturated carbocycles. The topological polar surface area (TPSA) is 421 Å². The fourth-order valence-corrected chi connectivity index (χ4v) is 20.5. The standard InChI is InChI=1S/C24H22N6O2.3C24H24N6O2/c1-26-17-4-2-3-13-14(17)8-19-21(13)23(30-10-15-16(11-30)22(15)25)29-24(28-19)32-12-7-20-18(27-9-12)5-6-31-20;1-12(31)13-6-14(9-27-8-13)32-24-28-20-7-16-15(4-3-5-19(16)26-2)21(20)23(29-24)30-10-17-18(11-30)22(17)25;2*1-12(31)18-7-6-13(9-27-18)32-24-28-20-8-15-14(4-3-5-19(15)26-2)21(20)23(29-24)30-10-16-17(11-30)22(16)25/h2-7,9,15-16,22,26H,8,10-11,25H2,1H3;3-6,8-9,17-18,22,26H,7,10-11,25H2,1-2H3;2*3-7,9,16-17,22,26H,8,10-11,25H2,1-2H3. The molecule has 8 fully saturated rings. The SMILES string of the molecule is CNc1cccc2c1Cc1nc(Oc3ccc(C(C)=O)nc3)nc(N3CC4C(N)C4C3)c1-2.CNc1cccc2c1Cc1nc(Oc3ccc(C(C)=O)nc3)nc(N3CC4C(N)C4C3)c1-2.CNc1cccc2c1Cc1nc(Oc3cnc4ccoc4c3)nc(N3CC4C(N)C4C3)c1-2.CNc1cccc2c1Cc1nc(Oc3cncc(C(C)=O)c3)nc(N3CC4C(N)C4C3)c1-2. The Labute approximate surface area is 736 Å². The zero-order valence-corrected chi connectivity index (χ0v) is 71.6. The molecule has 12 aliphatic rings. The number of nitrogens with one attached hydrogen (secondary N) is 4. The summed E-state index contributed by atoms with van der Waals surface area (Å²) in [6.45, 7) is 11.8. The molecule has 32 heteroatoms. The lowest BCUT2D eigenvalue weighted by atomic mass is 10.1. The molecular formula is C96H94N24O8. The van der Waals surface area contributed by atoms with E-state index in [1.165, 1.54) is 83.9 Å². The van der Waals surface area contributed by atoms with Gasteiger partial charge in [-0.1, -0.05) is 48.5 Å². The van der Waals surface area contributed by atoms with Crippen molar-refractivity contribution >= 4 is 74.5 Å². The van der Waals surface area contributed by atoms with Crippen molar-refractivity contribution in [2.75, 3.05) is 121 Å². The van der Waals surface area contributed by atoms with Gasteiger partial charge >= 0.3 is 24.0 Å². The number of nitrogens with two attached hydrogens (primary N) is 4. The van der Waals surface area contributed by atoms with E-state index in [-0.39, 0.29) is 23.4 Å². The summed E-state index contributed by atoms with van der Waals surface area (Å²) in [4.78, 5) is 99.4. The van der Waals surface area contributed by atoms with Gasteiger partial charge in [0.05, 0.1) is 53.8 Å². The third kappa shape index (κ3) is 14.2. The number of carbonyl (C=O) groups excluding carboxylic acids is 3. The molecule has 9 aromatic heterocycles. The molecular weight excluding hydrogens is 1620 g/mol. The van der Waals surface area contributed by atoms with Gasteiger partial charge in [-0.3, -0.25) is 19.4 Å². The predicted molar refractivity (Wildman–Crippen MR) is 485 cm³/mol. The average molecular weight is 1710 g/mol. The maximum absolute atomic E-state index is 11.7. The lowest BCUT2D eigenvalue weighted by Gasteiger charge is -2.23. The van der Waals surface area contributed by atoms with E-state index < -0.39 is 0 Å². The highest BCUT2D eigenvalue weighted by Crippen LogP contribution is 2.56. The van der Waals surface area contributed by atoms with Gasteiger partial charge in [0.25, 0.3) is 0 Å². The number of pyridine rings is 4. The molecule has 32 nitrogen and oxygen atoms in total. The molecule has 128 heavy (non-hydrogen) atoms. The monoisotopic (exact) mass is 1710 g/mol. The number of hydrogen-bond acceptors (Lipinski definition) is 32. The molecule has 12 N–H and O–H groups in total. The van der Waals surface area contributed by atoms with Crippen molar-refractivity contribution in [3.05, 3.63) is 214 Å². The molecule has 13 heterocycles.